The van der Waals surface area contributed by atoms with Gasteiger partial charge in [-0.1, -0.05) is 24.3 Å². The number of hydrogen-bond donors (Lipinski definition) is 0. The van der Waals surface area contributed by atoms with Gasteiger partial charge in [-0.05, 0) is 75.9 Å². The Balaban J connectivity index is 1.70. The van der Waals surface area contributed by atoms with Crippen molar-refractivity contribution in [2.75, 3.05) is 13.2 Å². The third-order valence-corrected chi connectivity index (χ3v) is 6.04. The maximum Gasteiger partial charge on any atom is 0.358 e. The predicted molar refractivity (Wildman–Crippen MR) is 124 cm³/mol. The molecular formula is C26H29N3O3. The van der Waals surface area contributed by atoms with E-state index in [-0.39, 0.29) is 24.2 Å². The highest BCUT2D eigenvalue weighted by molar-refractivity contribution is 5.94. The van der Waals surface area contributed by atoms with Crippen LogP contribution in [0.4, 0.5) is 0 Å². The second-order valence-corrected chi connectivity index (χ2v) is 8.25. The smallest absolute Gasteiger partial charge is 0.358 e. The maximum atomic E-state index is 13.0. The lowest BCUT2D eigenvalue weighted by Crippen LogP contribution is -2.42. The molecule has 0 aliphatic carbocycles. The predicted octanol–water partition coefficient (Wildman–Crippen LogP) is 5.04. The molecule has 6 heteroatoms. The van der Waals surface area contributed by atoms with Gasteiger partial charge in [0.15, 0.2) is 5.69 Å². The van der Waals surface area contributed by atoms with Crippen LogP contribution in [0.5, 0.6) is 0 Å². The standard InChI is InChI=1S/C26H29N3O3/c1-4-32-26(31)23-17-24(22-11-6-5-9-18(22)2)29(27-23)21-14-12-20(13-15-21)25(30)28-16-8-7-10-19(28)3/h5-6,9,11-15,17,19H,4,7-8,10,16H2,1-3H3/t19-/m1/s1. The lowest BCUT2D eigenvalue weighted by Gasteiger charge is -2.33. The Bertz CT molecular complexity index is 1120. The zero-order chi connectivity index (χ0) is 22.7. The van der Waals surface area contributed by atoms with E-state index in [0.717, 1.165) is 41.9 Å². The van der Waals surface area contributed by atoms with E-state index in [2.05, 4.69) is 12.0 Å². The van der Waals surface area contributed by atoms with Gasteiger partial charge in [0.2, 0.25) is 0 Å². The molecule has 1 atom stereocenters. The fraction of sp³-hybridized carbons (Fsp3) is 0.346. The topological polar surface area (TPSA) is 64.4 Å². The van der Waals surface area contributed by atoms with Gasteiger partial charge >= 0.3 is 5.97 Å². The first-order chi connectivity index (χ1) is 15.5. The summed E-state index contributed by atoms with van der Waals surface area (Å²) in [6.07, 6.45) is 3.28. The number of carbonyl (C=O) groups excluding carboxylic acids is 2. The number of ether oxygens (including phenoxy) is 1. The number of esters is 1. The molecule has 1 aromatic heterocycles. The van der Waals surface area contributed by atoms with E-state index < -0.39 is 5.97 Å². The maximum absolute atomic E-state index is 13.0. The molecule has 3 aromatic rings. The first-order valence-corrected chi connectivity index (χ1v) is 11.2. The molecule has 0 saturated carbocycles. The molecule has 2 heterocycles. The first-order valence-electron chi connectivity index (χ1n) is 11.2. The Kier molecular flexibility index (Phi) is 6.40. The van der Waals surface area contributed by atoms with Gasteiger partial charge in [-0.2, -0.15) is 5.10 Å². The van der Waals surface area contributed by atoms with Gasteiger partial charge in [0.25, 0.3) is 5.91 Å². The lowest BCUT2D eigenvalue weighted by molar-refractivity contribution is 0.0518. The van der Waals surface area contributed by atoms with Crippen LogP contribution in [0.25, 0.3) is 16.9 Å². The SMILES string of the molecule is CCOC(=O)c1cc(-c2ccccc2C)n(-c2ccc(C(=O)N3CCCC[C@H]3C)cc2)n1. The van der Waals surface area contributed by atoms with Gasteiger partial charge in [0.05, 0.1) is 18.0 Å². The summed E-state index contributed by atoms with van der Waals surface area (Å²) in [4.78, 5) is 27.3. The molecule has 4 rings (SSSR count). The number of hydrogen-bond acceptors (Lipinski definition) is 4. The minimum atomic E-state index is -0.452. The minimum Gasteiger partial charge on any atom is -0.461 e. The molecule has 1 saturated heterocycles. The van der Waals surface area contributed by atoms with Crippen molar-refractivity contribution in [1.29, 1.82) is 0 Å². The van der Waals surface area contributed by atoms with Crippen LogP contribution in [0.3, 0.4) is 0 Å². The zero-order valence-electron chi connectivity index (χ0n) is 18.9. The van der Waals surface area contributed by atoms with Crippen LogP contribution in [-0.2, 0) is 4.74 Å². The first kappa shape index (κ1) is 21.8. The van der Waals surface area contributed by atoms with Crippen molar-refractivity contribution in [2.24, 2.45) is 0 Å². The molecule has 32 heavy (non-hydrogen) atoms. The van der Waals surface area contributed by atoms with Crippen LogP contribution in [-0.4, -0.2) is 45.8 Å². The number of piperidine rings is 1. The van der Waals surface area contributed by atoms with E-state index >= 15 is 0 Å². The average molecular weight is 432 g/mol. The Labute approximate surface area is 188 Å². The summed E-state index contributed by atoms with van der Waals surface area (Å²) >= 11 is 0. The molecule has 1 aliphatic heterocycles. The van der Waals surface area contributed by atoms with Crippen LogP contribution in [0, 0.1) is 6.92 Å². The van der Waals surface area contributed by atoms with Gasteiger partial charge in [-0.3, -0.25) is 4.79 Å². The van der Waals surface area contributed by atoms with Crippen LogP contribution in [0.15, 0.2) is 54.6 Å². The van der Waals surface area contributed by atoms with Crippen molar-refractivity contribution in [3.8, 4) is 16.9 Å². The van der Waals surface area contributed by atoms with E-state index in [1.807, 2.05) is 60.4 Å². The van der Waals surface area contributed by atoms with Gasteiger partial charge in [-0.15, -0.1) is 0 Å². The Morgan fingerprint density at radius 2 is 1.84 bits per heavy atom. The molecule has 0 bridgehead atoms. The molecule has 0 unspecified atom stereocenters. The highest BCUT2D eigenvalue weighted by atomic mass is 16.5. The summed E-state index contributed by atoms with van der Waals surface area (Å²) in [6, 6.07) is 17.4. The largest absolute Gasteiger partial charge is 0.461 e. The quantitative estimate of drug-likeness (QED) is 0.531. The molecule has 166 valence electrons. The van der Waals surface area contributed by atoms with Gasteiger partial charge in [-0.25, -0.2) is 9.48 Å². The molecule has 6 nitrogen and oxygen atoms in total. The van der Waals surface area contributed by atoms with Crippen LogP contribution < -0.4 is 0 Å². The van der Waals surface area contributed by atoms with Gasteiger partial charge in [0, 0.05) is 23.7 Å². The number of aromatic nitrogens is 2. The van der Waals surface area contributed by atoms with E-state index in [1.165, 1.54) is 6.42 Å². The third kappa shape index (κ3) is 4.31. The summed E-state index contributed by atoms with van der Waals surface area (Å²) in [7, 11) is 0. The number of aryl methyl sites for hydroxylation is 1. The zero-order valence-corrected chi connectivity index (χ0v) is 18.9. The van der Waals surface area contributed by atoms with Crippen molar-refractivity contribution in [3.05, 3.63) is 71.4 Å². The van der Waals surface area contributed by atoms with Crippen LogP contribution >= 0.6 is 0 Å². The number of nitrogens with zero attached hydrogens (tertiary/aromatic N) is 3. The number of carbonyl (C=O) groups is 2. The molecule has 1 amide bonds. The normalized spacial score (nSPS) is 16.1. The molecule has 1 fully saturated rings. The Hall–Kier alpha value is -3.41. The monoisotopic (exact) mass is 431 g/mol. The second-order valence-electron chi connectivity index (χ2n) is 8.25. The fourth-order valence-corrected chi connectivity index (χ4v) is 4.25. The number of likely N-dealkylation sites (tertiary alicyclic amines) is 1. The summed E-state index contributed by atoms with van der Waals surface area (Å²) < 4.78 is 6.90. The number of rotatable bonds is 5. The van der Waals surface area contributed by atoms with E-state index in [1.54, 1.807) is 17.7 Å². The van der Waals surface area contributed by atoms with Crippen molar-refractivity contribution < 1.29 is 14.3 Å². The number of benzene rings is 2. The van der Waals surface area contributed by atoms with Crippen LogP contribution in [0.1, 0.15) is 59.5 Å². The van der Waals surface area contributed by atoms with Crippen molar-refractivity contribution in [2.45, 2.75) is 46.1 Å². The van der Waals surface area contributed by atoms with E-state index in [4.69, 9.17) is 4.74 Å². The summed E-state index contributed by atoms with van der Waals surface area (Å²) in [6.45, 7) is 7.01. The summed E-state index contributed by atoms with van der Waals surface area (Å²) in [5.74, 6) is -0.387. The molecule has 2 aromatic carbocycles. The molecule has 0 radical (unpaired) electrons. The van der Waals surface area contributed by atoms with Gasteiger partial charge in [0.1, 0.15) is 0 Å². The lowest BCUT2D eigenvalue weighted by atomic mass is 10.0. The van der Waals surface area contributed by atoms with Crippen molar-refractivity contribution in [1.82, 2.24) is 14.7 Å². The minimum absolute atomic E-state index is 0.0653. The molecule has 0 spiro atoms. The fourth-order valence-electron chi connectivity index (χ4n) is 4.25. The Morgan fingerprint density at radius 1 is 1.09 bits per heavy atom. The van der Waals surface area contributed by atoms with E-state index in [9.17, 15) is 9.59 Å². The second kappa shape index (κ2) is 9.39. The van der Waals surface area contributed by atoms with Gasteiger partial charge < -0.3 is 9.64 Å². The van der Waals surface area contributed by atoms with Crippen molar-refractivity contribution in [3.63, 3.8) is 0 Å². The van der Waals surface area contributed by atoms with Crippen molar-refractivity contribution >= 4 is 11.9 Å². The molecule has 1 aliphatic rings. The Morgan fingerprint density at radius 3 is 2.53 bits per heavy atom. The summed E-state index contributed by atoms with van der Waals surface area (Å²) in [5, 5.41) is 4.54. The summed E-state index contributed by atoms with van der Waals surface area (Å²) in [5.41, 5.74) is 4.56. The van der Waals surface area contributed by atoms with E-state index in [0.29, 0.717) is 5.56 Å². The molecular weight excluding hydrogens is 402 g/mol. The van der Waals surface area contributed by atoms with Crippen LogP contribution in [0.2, 0.25) is 0 Å². The molecule has 0 N–H and O–H groups in total. The average Bonchev–Trinajstić information content (AvgIpc) is 3.25. The highest BCUT2D eigenvalue weighted by Crippen LogP contribution is 2.28. The highest BCUT2D eigenvalue weighted by Gasteiger charge is 2.24. The third-order valence-electron chi connectivity index (χ3n) is 6.04. The number of amides is 1.